The first-order valence-electron chi connectivity index (χ1n) is 11.2. The molecule has 12 nitrogen and oxygen atoms in total. The second-order valence-electron chi connectivity index (χ2n) is 9.44. The normalized spacial score (nSPS) is 29.4. The molecule has 0 heterocycles. The molecular formula is C25H26N2O10. The molecule has 3 aliphatic rings. The van der Waals surface area contributed by atoms with E-state index in [2.05, 4.69) is 4.74 Å². The number of ketones is 2. The average Bonchev–Trinajstić information content (AvgIpc) is 2.83. The number of carbonyl (C=O) groups is 4. The number of carbonyl (C=O) groups excluding carboxylic acids is 4. The number of benzene rings is 1. The molecule has 196 valence electrons. The Morgan fingerprint density at radius 2 is 1.84 bits per heavy atom. The van der Waals surface area contributed by atoms with Gasteiger partial charge in [-0.3, -0.25) is 19.3 Å². The fraction of sp³-hybridized carbons (Fsp3) is 0.360. The number of rotatable bonds is 4. The minimum Gasteiger partial charge on any atom is -0.508 e. The molecule has 0 unspecified atom stereocenters. The third kappa shape index (κ3) is 3.56. The van der Waals surface area contributed by atoms with Crippen molar-refractivity contribution in [3.8, 4) is 5.75 Å². The number of ether oxygens (including phenoxy) is 1. The highest BCUT2D eigenvalue weighted by Crippen LogP contribution is 2.52. The lowest BCUT2D eigenvalue weighted by molar-refractivity contribution is -0.168. The van der Waals surface area contributed by atoms with Crippen LogP contribution in [0.1, 0.15) is 16.7 Å². The Kier molecular flexibility index (Phi) is 6.23. The number of phenolic OH excluding ortho intramolecular Hbond substituents is 1. The van der Waals surface area contributed by atoms with E-state index in [0.717, 1.165) is 6.08 Å². The van der Waals surface area contributed by atoms with Gasteiger partial charge in [0.15, 0.2) is 11.4 Å². The van der Waals surface area contributed by atoms with Crippen molar-refractivity contribution in [3.63, 3.8) is 0 Å². The summed E-state index contributed by atoms with van der Waals surface area (Å²) in [5.74, 6) is -9.58. The highest BCUT2D eigenvalue weighted by atomic mass is 16.5. The molecule has 0 spiro atoms. The summed E-state index contributed by atoms with van der Waals surface area (Å²) < 4.78 is 4.52. The van der Waals surface area contributed by atoms with E-state index in [9.17, 15) is 44.7 Å². The quantitative estimate of drug-likeness (QED) is 0.165. The van der Waals surface area contributed by atoms with Crippen LogP contribution >= 0.6 is 0 Å². The first-order valence-corrected chi connectivity index (χ1v) is 11.2. The monoisotopic (exact) mass is 514 g/mol. The number of aromatic hydroxyl groups is 1. The number of esters is 1. The number of aliphatic hydroxyl groups excluding tert-OH is 3. The van der Waals surface area contributed by atoms with Gasteiger partial charge in [0.2, 0.25) is 5.78 Å². The molecular weight excluding hydrogens is 488 g/mol. The van der Waals surface area contributed by atoms with Crippen LogP contribution in [0.25, 0.3) is 11.8 Å². The SMILES string of the molecule is COC(=O)/C=C/c1ccc2c(c1O)C(O)=C1C(=O)[C@@]3(O)C(O)=C(C(N)=O)C(=O)[C@H](N(C)C)[C@H]3[C@H](O)[C@H]1C2. The van der Waals surface area contributed by atoms with Gasteiger partial charge in [0, 0.05) is 23.1 Å². The lowest BCUT2D eigenvalue weighted by Crippen LogP contribution is -2.70. The number of nitrogens with zero attached hydrogens (tertiary/aromatic N) is 1. The van der Waals surface area contributed by atoms with Crippen LogP contribution in [0.3, 0.4) is 0 Å². The molecule has 7 N–H and O–H groups in total. The summed E-state index contributed by atoms with van der Waals surface area (Å²) >= 11 is 0. The maximum Gasteiger partial charge on any atom is 0.330 e. The number of fused-ring (bicyclic) bond motifs is 3. The fourth-order valence-electron chi connectivity index (χ4n) is 5.61. The first-order chi connectivity index (χ1) is 17.3. The van der Waals surface area contributed by atoms with Crippen molar-refractivity contribution in [2.75, 3.05) is 21.2 Å². The van der Waals surface area contributed by atoms with E-state index in [1.165, 1.54) is 44.3 Å². The highest BCUT2D eigenvalue weighted by Gasteiger charge is 2.67. The molecule has 1 aromatic carbocycles. The Morgan fingerprint density at radius 3 is 2.41 bits per heavy atom. The smallest absolute Gasteiger partial charge is 0.330 e. The van der Waals surface area contributed by atoms with Crippen LogP contribution in [0, 0.1) is 11.8 Å². The molecule has 12 heteroatoms. The summed E-state index contributed by atoms with van der Waals surface area (Å²) in [6.07, 6.45) is 0.537. The maximum absolute atomic E-state index is 13.8. The van der Waals surface area contributed by atoms with Gasteiger partial charge in [0.05, 0.1) is 30.7 Å². The van der Waals surface area contributed by atoms with Gasteiger partial charge < -0.3 is 36.0 Å². The summed E-state index contributed by atoms with van der Waals surface area (Å²) in [5, 5.41) is 55.8. The minimum atomic E-state index is -2.97. The molecule has 1 saturated carbocycles. The lowest BCUT2D eigenvalue weighted by Gasteiger charge is -2.52. The molecule has 4 rings (SSSR count). The van der Waals surface area contributed by atoms with Crippen molar-refractivity contribution in [2.45, 2.75) is 24.2 Å². The van der Waals surface area contributed by atoms with Crippen molar-refractivity contribution < 1.29 is 49.4 Å². The number of primary amides is 1. The summed E-state index contributed by atoms with van der Waals surface area (Å²) in [6.45, 7) is 0. The van der Waals surface area contributed by atoms with Crippen LogP contribution < -0.4 is 5.73 Å². The molecule has 0 aliphatic heterocycles. The third-order valence-electron chi connectivity index (χ3n) is 7.31. The molecule has 1 fully saturated rings. The summed E-state index contributed by atoms with van der Waals surface area (Å²) in [6, 6.07) is 1.57. The second kappa shape index (κ2) is 8.83. The number of nitrogens with two attached hydrogens (primary N) is 1. The van der Waals surface area contributed by atoms with Gasteiger partial charge in [-0.15, -0.1) is 0 Å². The van der Waals surface area contributed by atoms with Crippen molar-refractivity contribution in [1.82, 2.24) is 4.90 Å². The highest BCUT2D eigenvalue weighted by molar-refractivity contribution is 6.24. The molecule has 0 radical (unpaired) electrons. The van der Waals surface area contributed by atoms with Crippen LogP contribution in [-0.4, -0.2) is 92.8 Å². The van der Waals surface area contributed by atoms with Crippen molar-refractivity contribution >= 4 is 35.3 Å². The topological polar surface area (TPSA) is 208 Å². The van der Waals surface area contributed by atoms with E-state index in [1.54, 1.807) is 0 Å². The molecule has 0 aromatic heterocycles. The zero-order valence-corrected chi connectivity index (χ0v) is 20.1. The Hall–Kier alpha value is -4.00. The lowest BCUT2D eigenvalue weighted by atomic mass is 9.56. The zero-order valence-electron chi connectivity index (χ0n) is 20.1. The van der Waals surface area contributed by atoms with Crippen LogP contribution in [0.2, 0.25) is 0 Å². The standard InChI is InChI=1S/C25H26N2O10/c1-27(2)17-16-19(30)11-8-10-5-4-9(6-7-12(28)37-3)18(29)13(10)20(31)14(11)22(33)25(16,36)23(34)15(21(17)32)24(26)35/h4-7,11,16-17,19,29-31,34,36H,8H2,1-3H3,(H2,26,35)/b7-6+/t11-,16-,17+,19+,25+/m0/s1. The van der Waals surface area contributed by atoms with Crippen molar-refractivity contribution in [3.05, 3.63) is 51.8 Å². The first kappa shape index (κ1) is 26.1. The average molecular weight is 514 g/mol. The molecule has 0 saturated heterocycles. The molecule has 1 aromatic rings. The molecule has 5 atom stereocenters. The van der Waals surface area contributed by atoms with Crippen molar-refractivity contribution in [2.24, 2.45) is 17.6 Å². The van der Waals surface area contributed by atoms with Crippen LogP contribution in [0.4, 0.5) is 0 Å². The van der Waals surface area contributed by atoms with E-state index in [4.69, 9.17) is 5.73 Å². The molecule has 37 heavy (non-hydrogen) atoms. The van der Waals surface area contributed by atoms with Crippen LogP contribution in [0.15, 0.2) is 35.1 Å². The Morgan fingerprint density at radius 1 is 1.19 bits per heavy atom. The summed E-state index contributed by atoms with van der Waals surface area (Å²) in [7, 11) is 4.03. The fourth-order valence-corrected chi connectivity index (χ4v) is 5.61. The van der Waals surface area contributed by atoms with Crippen molar-refractivity contribution in [1.29, 1.82) is 0 Å². The van der Waals surface area contributed by atoms with Gasteiger partial charge in [-0.05, 0) is 32.2 Å². The Labute approximate surface area is 210 Å². The number of phenols is 1. The van der Waals surface area contributed by atoms with Gasteiger partial charge in [0.1, 0.15) is 22.8 Å². The number of likely N-dealkylation sites (N-methyl/N-ethyl adjacent to an activating group) is 1. The van der Waals surface area contributed by atoms with Crippen LogP contribution in [0.5, 0.6) is 5.75 Å². The van der Waals surface area contributed by atoms with E-state index in [0.29, 0.717) is 5.56 Å². The number of hydrogen-bond donors (Lipinski definition) is 6. The summed E-state index contributed by atoms with van der Waals surface area (Å²) in [4.78, 5) is 51.6. The van der Waals surface area contributed by atoms with E-state index in [1.807, 2.05) is 0 Å². The van der Waals surface area contributed by atoms with Crippen LogP contribution in [-0.2, 0) is 30.3 Å². The number of hydrogen-bond acceptors (Lipinski definition) is 11. The molecule has 1 amide bonds. The number of methoxy groups -OCH3 is 1. The zero-order chi connectivity index (χ0) is 27.6. The Balaban J connectivity index is 1.96. The van der Waals surface area contributed by atoms with E-state index in [-0.39, 0.29) is 17.5 Å². The summed E-state index contributed by atoms with van der Waals surface area (Å²) in [5.41, 5.74) is 1.10. The van der Waals surface area contributed by atoms with E-state index >= 15 is 0 Å². The number of aliphatic hydroxyl groups is 4. The molecule has 0 bridgehead atoms. The predicted octanol–water partition coefficient (Wildman–Crippen LogP) is -0.879. The van der Waals surface area contributed by atoms with E-state index < -0.39 is 81.4 Å². The third-order valence-corrected chi connectivity index (χ3v) is 7.31. The molecule has 3 aliphatic carbocycles. The van der Waals surface area contributed by atoms with Gasteiger partial charge in [0.25, 0.3) is 5.91 Å². The van der Waals surface area contributed by atoms with Gasteiger partial charge in [-0.1, -0.05) is 12.1 Å². The minimum absolute atomic E-state index is 0.0791. The number of amides is 1. The second-order valence-corrected chi connectivity index (χ2v) is 9.44. The van der Waals surface area contributed by atoms with Gasteiger partial charge in [-0.2, -0.15) is 0 Å². The predicted molar refractivity (Wildman–Crippen MR) is 127 cm³/mol. The maximum atomic E-state index is 13.8. The number of Topliss-reactive ketones (excluding diaryl/α,β-unsaturated/α-hetero) is 2. The Bertz CT molecular complexity index is 1340. The van der Waals surface area contributed by atoms with Gasteiger partial charge in [-0.25, -0.2) is 4.79 Å². The van der Waals surface area contributed by atoms with Gasteiger partial charge >= 0.3 is 5.97 Å². The largest absolute Gasteiger partial charge is 0.508 e.